The van der Waals surface area contributed by atoms with Crippen molar-refractivity contribution in [1.29, 1.82) is 0 Å². The van der Waals surface area contributed by atoms with Crippen molar-refractivity contribution in [1.82, 2.24) is 15.5 Å². The molecule has 0 radical (unpaired) electrons. The lowest BCUT2D eigenvalue weighted by Gasteiger charge is -2.21. The molecule has 2 N–H and O–H groups in total. The molecule has 1 rings (SSSR count). The quantitative estimate of drug-likeness (QED) is 0.182. The molecule has 1 aliphatic heterocycles. The lowest BCUT2D eigenvalue weighted by Crippen LogP contribution is -2.43. The third-order valence-electron chi connectivity index (χ3n) is 4.75. The molecular weight excluding hydrogens is 443 g/mol. The van der Waals surface area contributed by atoms with Crippen molar-refractivity contribution in [2.24, 2.45) is 10.9 Å². The molecule has 0 amide bonds. The highest BCUT2D eigenvalue weighted by atomic mass is 127. The lowest BCUT2D eigenvalue weighted by molar-refractivity contribution is 0.0888. The van der Waals surface area contributed by atoms with E-state index < -0.39 is 0 Å². The molecule has 0 aliphatic carbocycles. The van der Waals surface area contributed by atoms with Gasteiger partial charge in [0.05, 0.1) is 13.2 Å². The smallest absolute Gasteiger partial charge is 0.191 e. The molecule has 0 spiro atoms. The molecule has 1 heterocycles. The number of guanidine groups is 1. The van der Waals surface area contributed by atoms with E-state index in [1.54, 1.807) is 0 Å². The van der Waals surface area contributed by atoms with E-state index in [0.29, 0.717) is 12.0 Å². The summed E-state index contributed by atoms with van der Waals surface area (Å²) < 4.78 is 11.1. The molecule has 1 saturated heterocycles. The molecule has 0 saturated carbocycles. The zero-order valence-electron chi connectivity index (χ0n) is 17.3. The van der Waals surface area contributed by atoms with Crippen LogP contribution in [-0.2, 0) is 9.47 Å². The Bertz CT molecular complexity index is 348. The Morgan fingerprint density at radius 1 is 1.31 bits per heavy atom. The highest BCUT2D eigenvalue weighted by molar-refractivity contribution is 14.0. The van der Waals surface area contributed by atoms with Crippen LogP contribution in [0.2, 0.25) is 0 Å². The van der Waals surface area contributed by atoms with Crippen LogP contribution in [0.4, 0.5) is 0 Å². The summed E-state index contributed by atoms with van der Waals surface area (Å²) in [6.45, 7) is 14.4. The van der Waals surface area contributed by atoms with Crippen molar-refractivity contribution in [3.8, 4) is 0 Å². The summed E-state index contributed by atoms with van der Waals surface area (Å²) >= 11 is 0. The zero-order chi connectivity index (χ0) is 18.3. The standard InChI is InChI=1S/C19H40N4O2.HI/c1-5-23(6-2)12-7-9-17(3)22-19(20-4)21-11-8-13-24-15-18-10-14-25-16-18;/h17-18H,5-16H2,1-4H3,(H2,20,21,22);1H. The van der Waals surface area contributed by atoms with Crippen LogP contribution in [0.25, 0.3) is 0 Å². The van der Waals surface area contributed by atoms with Gasteiger partial charge in [0.25, 0.3) is 0 Å². The highest BCUT2D eigenvalue weighted by Crippen LogP contribution is 2.12. The van der Waals surface area contributed by atoms with E-state index in [2.05, 4.69) is 41.3 Å². The van der Waals surface area contributed by atoms with Crippen molar-refractivity contribution >= 4 is 29.9 Å². The molecule has 1 fully saturated rings. The fraction of sp³-hybridized carbons (Fsp3) is 0.947. The number of rotatable bonds is 13. The number of hydrogen-bond acceptors (Lipinski definition) is 4. The molecule has 156 valence electrons. The predicted molar refractivity (Wildman–Crippen MR) is 121 cm³/mol. The van der Waals surface area contributed by atoms with Crippen LogP contribution in [0.5, 0.6) is 0 Å². The van der Waals surface area contributed by atoms with E-state index in [9.17, 15) is 0 Å². The van der Waals surface area contributed by atoms with Crippen LogP contribution < -0.4 is 10.6 Å². The molecular formula is C19H41IN4O2. The first-order valence-corrected chi connectivity index (χ1v) is 10.0. The van der Waals surface area contributed by atoms with Gasteiger partial charge in [-0.1, -0.05) is 13.8 Å². The second-order valence-electron chi connectivity index (χ2n) is 6.87. The summed E-state index contributed by atoms with van der Waals surface area (Å²) in [5, 5.41) is 6.85. The number of nitrogens with zero attached hydrogens (tertiary/aromatic N) is 2. The Balaban J connectivity index is 0.00000625. The topological polar surface area (TPSA) is 58.1 Å². The third-order valence-corrected chi connectivity index (χ3v) is 4.75. The van der Waals surface area contributed by atoms with Crippen LogP contribution in [0.15, 0.2) is 4.99 Å². The molecule has 1 aliphatic rings. The van der Waals surface area contributed by atoms with Crippen molar-refractivity contribution in [3.05, 3.63) is 0 Å². The molecule has 2 unspecified atom stereocenters. The second-order valence-corrected chi connectivity index (χ2v) is 6.87. The Morgan fingerprint density at radius 3 is 2.69 bits per heavy atom. The van der Waals surface area contributed by atoms with Gasteiger partial charge >= 0.3 is 0 Å². The average Bonchev–Trinajstić information content (AvgIpc) is 3.14. The number of nitrogens with one attached hydrogen (secondary N) is 2. The van der Waals surface area contributed by atoms with Gasteiger partial charge in [0, 0.05) is 38.8 Å². The van der Waals surface area contributed by atoms with Crippen LogP contribution in [-0.4, -0.2) is 76.6 Å². The summed E-state index contributed by atoms with van der Waals surface area (Å²) in [6.07, 6.45) is 4.50. The highest BCUT2D eigenvalue weighted by Gasteiger charge is 2.15. The van der Waals surface area contributed by atoms with Gasteiger partial charge in [-0.15, -0.1) is 24.0 Å². The first-order valence-electron chi connectivity index (χ1n) is 10.0. The van der Waals surface area contributed by atoms with E-state index in [1.165, 1.54) is 13.0 Å². The Labute approximate surface area is 177 Å². The SMILES string of the molecule is CCN(CC)CCCC(C)NC(=NC)NCCCOCC1CCOC1.I. The van der Waals surface area contributed by atoms with Gasteiger partial charge < -0.3 is 25.0 Å². The van der Waals surface area contributed by atoms with Gasteiger partial charge in [-0.25, -0.2) is 0 Å². The van der Waals surface area contributed by atoms with Crippen molar-refractivity contribution in [2.45, 2.75) is 52.5 Å². The molecule has 0 bridgehead atoms. The van der Waals surface area contributed by atoms with Gasteiger partial charge in [-0.2, -0.15) is 0 Å². The van der Waals surface area contributed by atoms with Crippen LogP contribution in [0.3, 0.4) is 0 Å². The number of halogens is 1. The maximum absolute atomic E-state index is 5.73. The number of hydrogen-bond donors (Lipinski definition) is 2. The average molecular weight is 484 g/mol. The first kappa shape index (κ1) is 25.9. The Kier molecular flexibility index (Phi) is 16.9. The molecule has 7 heteroatoms. The normalized spacial score (nSPS) is 18.7. The van der Waals surface area contributed by atoms with Gasteiger partial charge in [0.1, 0.15) is 0 Å². The van der Waals surface area contributed by atoms with E-state index in [-0.39, 0.29) is 24.0 Å². The Hall–Kier alpha value is -0.120. The predicted octanol–water partition coefficient (Wildman–Crippen LogP) is 2.72. The summed E-state index contributed by atoms with van der Waals surface area (Å²) in [4.78, 5) is 6.78. The first-order chi connectivity index (χ1) is 12.2. The van der Waals surface area contributed by atoms with E-state index in [1.807, 2.05) is 7.05 Å². The summed E-state index contributed by atoms with van der Waals surface area (Å²) in [5.74, 6) is 1.49. The van der Waals surface area contributed by atoms with Crippen molar-refractivity contribution in [3.63, 3.8) is 0 Å². The minimum Gasteiger partial charge on any atom is -0.381 e. The van der Waals surface area contributed by atoms with Crippen LogP contribution >= 0.6 is 24.0 Å². The van der Waals surface area contributed by atoms with Gasteiger partial charge in [-0.05, 0) is 52.2 Å². The van der Waals surface area contributed by atoms with Gasteiger partial charge in [-0.3, -0.25) is 4.99 Å². The molecule has 26 heavy (non-hydrogen) atoms. The summed E-state index contributed by atoms with van der Waals surface area (Å²) in [6, 6.07) is 0.431. The number of aliphatic imine (C=N–C) groups is 1. The minimum absolute atomic E-state index is 0. The van der Waals surface area contributed by atoms with Crippen LogP contribution in [0, 0.1) is 5.92 Å². The molecule has 2 atom stereocenters. The van der Waals surface area contributed by atoms with Crippen molar-refractivity contribution in [2.75, 3.05) is 59.7 Å². The van der Waals surface area contributed by atoms with E-state index in [4.69, 9.17) is 9.47 Å². The fourth-order valence-electron chi connectivity index (χ4n) is 3.01. The Morgan fingerprint density at radius 2 is 2.08 bits per heavy atom. The van der Waals surface area contributed by atoms with Crippen LogP contribution in [0.1, 0.15) is 46.5 Å². The van der Waals surface area contributed by atoms with Gasteiger partial charge in [0.2, 0.25) is 0 Å². The molecule has 0 aromatic heterocycles. The number of ether oxygens (including phenoxy) is 2. The maximum atomic E-state index is 5.73. The minimum atomic E-state index is 0. The maximum Gasteiger partial charge on any atom is 0.191 e. The molecule has 0 aromatic rings. The third kappa shape index (κ3) is 12.3. The zero-order valence-corrected chi connectivity index (χ0v) is 19.6. The van der Waals surface area contributed by atoms with Gasteiger partial charge in [0.15, 0.2) is 5.96 Å². The molecule has 0 aromatic carbocycles. The summed E-state index contributed by atoms with van der Waals surface area (Å²) in [7, 11) is 1.83. The second kappa shape index (κ2) is 17.0. The molecule has 6 nitrogen and oxygen atoms in total. The fourth-order valence-corrected chi connectivity index (χ4v) is 3.01. The van der Waals surface area contributed by atoms with E-state index >= 15 is 0 Å². The largest absolute Gasteiger partial charge is 0.381 e. The lowest BCUT2D eigenvalue weighted by atomic mass is 10.1. The van der Waals surface area contributed by atoms with Crippen molar-refractivity contribution < 1.29 is 9.47 Å². The monoisotopic (exact) mass is 484 g/mol. The summed E-state index contributed by atoms with van der Waals surface area (Å²) in [5.41, 5.74) is 0. The van der Waals surface area contributed by atoms with E-state index in [0.717, 1.165) is 71.3 Å².